The monoisotopic (exact) mass is 322 g/mol. The van der Waals surface area contributed by atoms with Crippen LogP contribution in [-0.4, -0.2) is 27.3 Å². The van der Waals surface area contributed by atoms with Gasteiger partial charge >= 0.3 is 0 Å². The highest BCUT2D eigenvalue weighted by Crippen LogP contribution is 2.15. The normalized spacial score (nSPS) is 10.4. The van der Waals surface area contributed by atoms with Gasteiger partial charge in [-0.25, -0.2) is 9.67 Å². The molecule has 0 bridgehead atoms. The molecule has 6 nitrogen and oxygen atoms in total. The Labute approximate surface area is 140 Å². The average molecular weight is 322 g/mol. The highest BCUT2D eigenvalue weighted by molar-refractivity contribution is 5.77. The summed E-state index contributed by atoms with van der Waals surface area (Å²) in [5, 5.41) is 6.98. The second-order valence-corrected chi connectivity index (χ2v) is 5.30. The van der Waals surface area contributed by atoms with E-state index in [-0.39, 0.29) is 12.5 Å². The molecule has 2 heterocycles. The van der Waals surface area contributed by atoms with Crippen molar-refractivity contribution < 1.29 is 9.53 Å². The molecule has 6 heteroatoms. The van der Waals surface area contributed by atoms with Crippen molar-refractivity contribution >= 4 is 5.91 Å². The van der Waals surface area contributed by atoms with E-state index in [1.165, 1.54) is 0 Å². The van der Waals surface area contributed by atoms with Gasteiger partial charge in [0.05, 0.1) is 0 Å². The van der Waals surface area contributed by atoms with Crippen LogP contribution in [0.25, 0.3) is 5.82 Å². The third-order valence-corrected chi connectivity index (χ3v) is 3.49. The number of aromatic nitrogens is 3. The second-order valence-electron chi connectivity index (χ2n) is 5.30. The molecule has 1 N–H and O–H groups in total. The Balaban J connectivity index is 1.53. The quantitative estimate of drug-likeness (QED) is 0.756. The maximum atomic E-state index is 11.9. The fourth-order valence-corrected chi connectivity index (χ4v) is 2.21. The molecule has 1 amide bonds. The van der Waals surface area contributed by atoms with E-state index in [2.05, 4.69) is 15.4 Å². The minimum absolute atomic E-state index is 0.0120. The topological polar surface area (TPSA) is 69.0 Å². The van der Waals surface area contributed by atoms with Crippen molar-refractivity contribution in [1.82, 2.24) is 20.1 Å². The smallest absolute Gasteiger partial charge is 0.258 e. The SMILES string of the molecule is Cc1ccccc1OCC(=O)NCc1ccnc(-n2cccn2)c1. The minimum atomic E-state index is -0.171. The maximum Gasteiger partial charge on any atom is 0.258 e. The number of ether oxygens (including phenoxy) is 1. The molecule has 0 aliphatic heterocycles. The number of nitrogens with one attached hydrogen (secondary N) is 1. The van der Waals surface area contributed by atoms with E-state index in [9.17, 15) is 4.79 Å². The Kier molecular flexibility index (Phi) is 4.86. The lowest BCUT2D eigenvalue weighted by atomic mass is 10.2. The van der Waals surface area contributed by atoms with Crippen LogP contribution >= 0.6 is 0 Å². The van der Waals surface area contributed by atoms with Crippen molar-refractivity contribution in [3.05, 3.63) is 72.2 Å². The van der Waals surface area contributed by atoms with Crippen molar-refractivity contribution in [2.45, 2.75) is 13.5 Å². The van der Waals surface area contributed by atoms with Gasteiger partial charge in [-0.2, -0.15) is 5.10 Å². The summed E-state index contributed by atoms with van der Waals surface area (Å²) in [6, 6.07) is 13.2. The fraction of sp³-hybridized carbons (Fsp3) is 0.167. The lowest BCUT2D eigenvalue weighted by Crippen LogP contribution is -2.28. The van der Waals surface area contributed by atoms with E-state index in [0.29, 0.717) is 12.4 Å². The van der Waals surface area contributed by atoms with Crippen LogP contribution in [0, 0.1) is 6.92 Å². The van der Waals surface area contributed by atoms with Crippen molar-refractivity contribution in [3.8, 4) is 11.6 Å². The number of aryl methyl sites for hydroxylation is 1. The molecule has 3 rings (SSSR count). The summed E-state index contributed by atoms with van der Waals surface area (Å²) in [7, 11) is 0. The van der Waals surface area contributed by atoms with E-state index in [4.69, 9.17) is 4.74 Å². The molecular formula is C18H18N4O2. The number of nitrogens with zero attached hydrogens (tertiary/aromatic N) is 3. The summed E-state index contributed by atoms with van der Waals surface area (Å²) in [4.78, 5) is 16.2. The Morgan fingerprint density at radius 1 is 1.21 bits per heavy atom. The Bertz CT molecular complexity index is 815. The predicted octanol–water partition coefficient (Wildman–Crippen LogP) is 2.27. The number of hydrogen-bond acceptors (Lipinski definition) is 4. The van der Waals surface area contributed by atoms with Gasteiger partial charge in [-0.3, -0.25) is 4.79 Å². The van der Waals surface area contributed by atoms with Crippen LogP contribution in [0.5, 0.6) is 5.75 Å². The minimum Gasteiger partial charge on any atom is -0.484 e. The Morgan fingerprint density at radius 3 is 2.88 bits per heavy atom. The van der Waals surface area contributed by atoms with Gasteiger partial charge in [-0.1, -0.05) is 18.2 Å². The zero-order valence-corrected chi connectivity index (χ0v) is 13.3. The lowest BCUT2D eigenvalue weighted by Gasteiger charge is -2.10. The highest BCUT2D eigenvalue weighted by Gasteiger charge is 2.05. The van der Waals surface area contributed by atoms with Crippen LogP contribution in [-0.2, 0) is 11.3 Å². The molecule has 0 aliphatic carbocycles. The number of carbonyl (C=O) groups excluding carboxylic acids is 1. The third kappa shape index (κ3) is 3.98. The molecule has 24 heavy (non-hydrogen) atoms. The summed E-state index contributed by atoms with van der Waals surface area (Å²) in [5.41, 5.74) is 1.95. The average Bonchev–Trinajstić information content (AvgIpc) is 3.14. The van der Waals surface area contributed by atoms with Crippen LogP contribution in [0.1, 0.15) is 11.1 Å². The zero-order chi connectivity index (χ0) is 16.8. The van der Waals surface area contributed by atoms with E-state index in [0.717, 1.165) is 16.9 Å². The number of pyridine rings is 1. The fourth-order valence-electron chi connectivity index (χ4n) is 2.21. The molecule has 1 aromatic carbocycles. The van der Waals surface area contributed by atoms with Gasteiger partial charge < -0.3 is 10.1 Å². The molecular weight excluding hydrogens is 304 g/mol. The molecule has 0 aliphatic rings. The van der Waals surface area contributed by atoms with E-state index >= 15 is 0 Å². The van der Waals surface area contributed by atoms with Crippen LogP contribution < -0.4 is 10.1 Å². The molecule has 0 spiro atoms. The molecule has 0 atom stereocenters. The van der Waals surface area contributed by atoms with Gasteiger partial charge in [0.15, 0.2) is 12.4 Å². The van der Waals surface area contributed by atoms with Gasteiger partial charge in [-0.05, 0) is 42.3 Å². The van der Waals surface area contributed by atoms with Crippen LogP contribution in [0.2, 0.25) is 0 Å². The van der Waals surface area contributed by atoms with Crippen LogP contribution in [0.3, 0.4) is 0 Å². The number of para-hydroxylation sites is 1. The van der Waals surface area contributed by atoms with E-state index in [1.54, 1.807) is 17.1 Å². The van der Waals surface area contributed by atoms with Gasteiger partial charge in [0.2, 0.25) is 0 Å². The highest BCUT2D eigenvalue weighted by atomic mass is 16.5. The molecule has 0 saturated carbocycles. The second kappa shape index (κ2) is 7.41. The van der Waals surface area contributed by atoms with Crippen LogP contribution in [0.15, 0.2) is 61.1 Å². The number of amides is 1. The molecule has 0 radical (unpaired) electrons. The molecule has 0 saturated heterocycles. The molecule has 0 fully saturated rings. The predicted molar refractivity (Wildman–Crippen MR) is 89.9 cm³/mol. The first-order valence-corrected chi connectivity index (χ1v) is 7.62. The van der Waals surface area contributed by atoms with Gasteiger partial charge in [0.1, 0.15) is 5.75 Å². The maximum absolute atomic E-state index is 11.9. The number of benzene rings is 1. The van der Waals surface area contributed by atoms with E-state index < -0.39 is 0 Å². The van der Waals surface area contributed by atoms with Gasteiger partial charge in [0, 0.05) is 25.1 Å². The summed E-state index contributed by atoms with van der Waals surface area (Å²) >= 11 is 0. The van der Waals surface area contributed by atoms with Gasteiger partial charge in [-0.15, -0.1) is 0 Å². The Hall–Kier alpha value is -3.15. The van der Waals surface area contributed by atoms with Crippen molar-refractivity contribution in [3.63, 3.8) is 0 Å². The Morgan fingerprint density at radius 2 is 2.08 bits per heavy atom. The summed E-state index contributed by atoms with van der Waals surface area (Å²) in [5.74, 6) is 1.26. The number of rotatable bonds is 6. The summed E-state index contributed by atoms with van der Waals surface area (Å²) in [6.45, 7) is 2.34. The number of hydrogen-bond donors (Lipinski definition) is 1. The molecule has 0 unspecified atom stereocenters. The summed E-state index contributed by atoms with van der Waals surface area (Å²) in [6.07, 6.45) is 5.21. The first-order valence-electron chi connectivity index (χ1n) is 7.62. The molecule has 3 aromatic rings. The number of carbonyl (C=O) groups is 1. The van der Waals surface area contributed by atoms with E-state index in [1.807, 2.05) is 55.6 Å². The van der Waals surface area contributed by atoms with Crippen LogP contribution in [0.4, 0.5) is 0 Å². The zero-order valence-electron chi connectivity index (χ0n) is 13.3. The first-order chi connectivity index (χ1) is 11.7. The third-order valence-electron chi connectivity index (χ3n) is 3.49. The first kappa shape index (κ1) is 15.7. The van der Waals surface area contributed by atoms with Crippen molar-refractivity contribution in [1.29, 1.82) is 0 Å². The molecule has 2 aromatic heterocycles. The van der Waals surface area contributed by atoms with Crippen molar-refractivity contribution in [2.24, 2.45) is 0 Å². The largest absolute Gasteiger partial charge is 0.484 e. The van der Waals surface area contributed by atoms with Crippen molar-refractivity contribution in [2.75, 3.05) is 6.61 Å². The lowest BCUT2D eigenvalue weighted by molar-refractivity contribution is -0.123. The standard InChI is InChI=1S/C18H18N4O2/c1-14-5-2-3-6-16(14)24-13-18(23)20-12-15-7-9-19-17(11-15)22-10-4-8-21-22/h2-11H,12-13H2,1H3,(H,20,23). The van der Waals surface area contributed by atoms with Gasteiger partial charge in [0.25, 0.3) is 5.91 Å². The molecule has 122 valence electrons. The summed E-state index contributed by atoms with van der Waals surface area (Å²) < 4.78 is 7.20.